The van der Waals surface area contributed by atoms with Crippen LogP contribution in [0.4, 0.5) is 0 Å². The third-order valence-electron chi connectivity index (χ3n) is 5.12. The number of hydrogen-bond donors (Lipinski definition) is 0. The van der Waals surface area contributed by atoms with Gasteiger partial charge in [0.05, 0.1) is 0 Å². The molecule has 1 nitrogen and oxygen atoms in total. The Hall–Kier alpha value is -2.86. The summed E-state index contributed by atoms with van der Waals surface area (Å²) in [5.41, 5.74) is 6.39. The third-order valence-corrected chi connectivity index (χ3v) is 5.80. The molecule has 3 rings (SSSR count). The molecule has 0 atom stereocenters. The lowest BCUT2D eigenvalue weighted by atomic mass is 9.98. The van der Waals surface area contributed by atoms with Crippen molar-refractivity contribution >= 4 is 23.5 Å². The summed E-state index contributed by atoms with van der Waals surface area (Å²) >= 11 is 1.74. The first-order chi connectivity index (χ1) is 15.9. The van der Waals surface area contributed by atoms with Crippen molar-refractivity contribution < 1.29 is 0 Å². The average molecular weight is 454 g/mol. The summed E-state index contributed by atoms with van der Waals surface area (Å²) in [6, 6.07) is 19.7. The maximum Gasteiger partial charge on any atom is 0.0237 e. The van der Waals surface area contributed by atoms with Gasteiger partial charge in [0.15, 0.2) is 0 Å². The Balaban J connectivity index is 1.65. The van der Waals surface area contributed by atoms with Crippen molar-refractivity contribution in [2.24, 2.45) is 5.41 Å². The summed E-state index contributed by atoms with van der Waals surface area (Å²) < 4.78 is 0. The highest BCUT2D eigenvalue weighted by Crippen LogP contribution is 2.23. The number of allylic oxidation sites excluding steroid dienone is 1. The van der Waals surface area contributed by atoms with Gasteiger partial charge in [0.1, 0.15) is 0 Å². The van der Waals surface area contributed by atoms with Gasteiger partial charge in [-0.1, -0.05) is 79.5 Å². The largest absolute Gasteiger partial charge is 0.295 e. The molecule has 0 saturated carbocycles. The summed E-state index contributed by atoms with van der Waals surface area (Å²) in [6.45, 7) is 11.6. The topological polar surface area (TPSA) is 3.24 Å². The zero-order valence-corrected chi connectivity index (χ0v) is 21.2. The molecule has 2 heteroatoms. The highest BCUT2D eigenvalue weighted by molar-refractivity contribution is 7.08. The van der Waals surface area contributed by atoms with Gasteiger partial charge >= 0.3 is 0 Å². The highest BCUT2D eigenvalue weighted by atomic mass is 32.1. The molecule has 170 valence electrons. The Labute approximate surface area is 204 Å². The Morgan fingerprint density at radius 2 is 1.70 bits per heavy atom. The van der Waals surface area contributed by atoms with Gasteiger partial charge < -0.3 is 0 Å². The first kappa shape index (κ1) is 24.8. The molecule has 33 heavy (non-hydrogen) atoms. The fourth-order valence-electron chi connectivity index (χ4n) is 3.57. The summed E-state index contributed by atoms with van der Waals surface area (Å²) in [5.74, 6) is 6.44. The molecule has 0 unspecified atom stereocenters. The number of rotatable bonds is 9. The maximum atomic E-state index is 3.26. The normalized spacial score (nSPS) is 11.9. The van der Waals surface area contributed by atoms with E-state index in [1.807, 2.05) is 6.08 Å². The van der Waals surface area contributed by atoms with Crippen molar-refractivity contribution in [3.63, 3.8) is 0 Å². The summed E-state index contributed by atoms with van der Waals surface area (Å²) in [5, 5.41) is 4.32. The molecular weight excluding hydrogens is 418 g/mol. The standard InChI is InChI=1S/C31H35NS/c1-5-19-32(20-8-6-7-18-31(2,3)4)24-28-13-9-11-26(22-28)15-16-27-12-10-14-29(23-27)30-17-21-33-25-30/h6,8-17,21-23,25H,5,19-20,24H2,1-4H3/b8-6+,16-15+. The van der Waals surface area contributed by atoms with Crippen molar-refractivity contribution in [3.05, 3.63) is 94.2 Å². The van der Waals surface area contributed by atoms with E-state index in [0.29, 0.717) is 0 Å². The van der Waals surface area contributed by atoms with E-state index in [-0.39, 0.29) is 5.41 Å². The van der Waals surface area contributed by atoms with Crippen LogP contribution in [0, 0.1) is 17.3 Å². The van der Waals surface area contributed by atoms with Crippen LogP contribution in [-0.2, 0) is 6.54 Å². The minimum absolute atomic E-state index is 0.0482. The quantitative estimate of drug-likeness (QED) is 0.232. The fourth-order valence-corrected chi connectivity index (χ4v) is 4.23. The Morgan fingerprint density at radius 1 is 0.939 bits per heavy atom. The number of hydrogen-bond acceptors (Lipinski definition) is 2. The Bertz CT molecular complexity index is 1120. The fraction of sp³-hybridized carbons (Fsp3) is 0.290. The minimum Gasteiger partial charge on any atom is -0.295 e. The second-order valence-corrected chi connectivity index (χ2v) is 10.2. The van der Waals surface area contributed by atoms with Crippen LogP contribution < -0.4 is 0 Å². The lowest BCUT2D eigenvalue weighted by Crippen LogP contribution is -2.24. The van der Waals surface area contributed by atoms with E-state index in [4.69, 9.17) is 0 Å². The molecule has 0 spiro atoms. The van der Waals surface area contributed by atoms with E-state index >= 15 is 0 Å². The van der Waals surface area contributed by atoms with Crippen LogP contribution in [0.25, 0.3) is 23.3 Å². The van der Waals surface area contributed by atoms with Gasteiger partial charge in [-0.2, -0.15) is 11.3 Å². The lowest BCUT2D eigenvalue weighted by molar-refractivity contribution is 0.295. The van der Waals surface area contributed by atoms with Crippen LogP contribution in [0.5, 0.6) is 0 Å². The molecule has 1 heterocycles. The zero-order valence-electron chi connectivity index (χ0n) is 20.3. The van der Waals surface area contributed by atoms with Gasteiger partial charge in [-0.3, -0.25) is 4.90 Å². The molecule has 0 amide bonds. The van der Waals surface area contributed by atoms with Gasteiger partial charge in [-0.05, 0) is 90.5 Å². The molecule has 0 saturated heterocycles. The van der Waals surface area contributed by atoms with Crippen LogP contribution >= 0.6 is 11.3 Å². The molecule has 3 aromatic rings. The van der Waals surface area contributed by atoms with Crippen molar-refractivity contribution in [1.29, 1.82) is 0 Å². The Kier molecular flexibility index (Phi) is 9.31. The van der Waals surface area contributed by atoms with Crippen molar-refractivity contribution in [3.8, 4) is 23.0 Å². The first-order valence-corrected chi connectivity index (χ1v) is 12.7. The van der Waals surface area contributed by atoms with Crippen LogP contribution in [0.1, 0.15) is 50.8 Å². The zero-order chi connectivity index (χ0) is 23.5. The van der Waals surface area contributed by atoms with E-state index in [9.17, 15) is 0 Å². The molecular formula is C31H35NS. The van der Waals surface area contributed by atoms with Crippen LogP contribution in [0.3, 0.4) is 0 Å². The predicted octanol–water partition coefficient (Wildman–Crippen LogP) is 8.40. The lowest BCUT2D eigenvalue weighted by Gasteiger charge is -2.20. The molecule has 0 radical (unpaired) electrons. The monoisotopic (exact) mass is 453 g/mol. The van der Waals surface area contributed by atoms with E-state index in [0.717, 1.165) is 26.1 Å². The minimum atomic E-state index is 0.0482. The first-order valence-electron chi connectivity index (χ1n) is 11.7. The predicted molar refractivity (Wildman–Crippen MR) is 147 cm³/mol. The van der Waals surface area contributed by atoms with E-state index in [1.165, 1.54) is 27.8 Å². The maximum absolute atomic E-state index is 3.26. The van der Waals surface area contributed by atoms with Gasteiger partial charge in [0.25, 0.3) is 0 Å². The van der Waals surface area contributed by atoms with Crippen molar-refractivity contribution in [2.45, 2.75) is 40.7 Å². The molecule has 0 aliphatic heterocycles. The summed E-state index contributed by atoms with van der Waals surface area (Å²) in [6.07, 6.45) is 9.73. The summed E-state index contributed by atoms with van der Waals surface area (Å²) in [4.78, 5) is 2.47. The molecule has 0 aliphatic carbocycles. The molecule has 0 bridgehead atoms. The smallest absolute Gasteiger partial charge is 0.0237 e. The second-order valence-electron chi connectivity index (χ2n) is 9.37. The van der Waals surface area contributed by atoms with Gasteiger partial charge in [-0.15, -0.1) is 0 Å². The van der Waals surface area contributed by atoms with Crippen LogP contribution in [0.15, 0.2) is 77.5 Å². The second kappa shape index (κ2) is 12.4. The highest BCUT2D eigenvalue weighted by Gasteiger charge is 2.05. The molecule has 1 aromatic heterocycles. The molecule has 0 fully saturated rings. The van der Waals surface area contributed by atoms with Crippen molar-refractivity contribution in [2.75, 3.05) is 13.1 Å². The van der Waals surface area contributed by atoms with Crippen molar-refractivity contribution in [1.82, 2.24) is 4.90 Å². The van der Waals surface area contributed by atoms with Crippen LogP contribution in [0.2, 0.25) is 0 Å². The average Bonchev–Trinajstić information content (AvgIpc) is 3.32. The number of benzene rings is 2. The van der Waals surface area contributed by atoms with E-state index < -0.39 is 0 Å². The van der Waals surface area contributed by atoms with Gasteiger partial charge in [-0.25, -0.2) is 0 Å². The van der Waals surface area contributed by atoms with Crippen LogP contribution in [-0.4, -0.2) is 18.0 Å². The summed E-state index contributed by atoms with van der Waals surface area (Å²) in [7, 11) is 0. The number of thiophene rings is 1. The van der Waals surface area contributed by atoms with E-state index in [2.05, 4.69) is 128 Å². The van der Waals surface area contributed by atoms with Gasteiger partial charge in [0.2, 0.25) is 0 Å². The molecule has 0 N–H and O–H groups in total. The van der Waals surface area contributed by atoms with Gasteiger partial charge in [0, 0.05) is 18.5 Å². The third kappa shape index (κ3) is 8.89. The Morgan fingerprint density at radius 3 is 2.39 bits per heavy atom. The molecule has 2 aromatic carbocycles. The van der Waals surface area contributed by atoms with E-state index in [1.54, 1.807) is 11.3 Å². The SMILES string of the molecule is CCCN(C/C=C/C#CC(C)(C)C)Cc1cccc(/C=C/c2cccc(-c3ccsc3)c2)c1. The molecule has 0 aliphatic rings. The number of nitrogens with zero attached hydrogens (tertiary/aromatic N) is 1.